The summed E-state index contributed by atoms with van der Waals surface area (Å²) in [6, 6.07) is -0.164. The molecule has 0 fully saturated rings. The van der Waals surface area contributed by atoms with Crippen LogP contribution < -0.4 is 10.6 Å². The van der Waals surface area contributed by atoms with E-state index in [2.05, 4.69) is 95.0 Å². The molecule has 4 heteroatoms. The smallest absolute Gasteiger partial charge is 0.248 e. The third-order valence-corrected chi connectivity index (χ3v) is 6.28. The second-order valence-electron chi connectivity index (χ2n) is 10.6. The molecule has 0 unspecified atom stereocenters. The number of allylic oxidation sites excluding steroid dienone is 7. The van der Waals surface area contributed by atoms with Crippen LogP contribution in [0.3, 0.4) is 0 Å². The molecule has 1 aliphatic rings. The fourth-order valence-corrected chi connectivity index (χ4v) is 3.79. The van der Waals surface area contributed by atoms with Gasteiger partial charge in [0, 0.05) is 35.1 Å². The Morgan fingerprint density at radius 2 is 1.88 bits per heavy atom. The monoisotopic (exact) mass is 465 g/mol. The van der Waals surface area contributed by atoms with E-state index in [4.69, 9.17) is 0 Å². The Balaban J connectivity index is 2.87. The maximum absolute atomic E-state index is 12.7. The van der Waals surface area contributed by atoms with Crippen molar-refractivity contribution in [3.05, 3.63) is 71.7 Å². The van der Waals surface area contributed by atoms with E-state index in [1.807, 2.05) is 13.0 Å². The minimum Gasteiger partial charge on any atom is -0.383 e. The summed E-state index contributed by atoms with van der Waals surface area (Å²) in [7, 11) is 0. The molecule has 1 aliphatic carbocycles. The summed E-state index contributed by atoms with van der Waals surface area (Å²) in [5, 5.41) is 6.70. The van der Waals surface area contributed by atoms with E-state index in [-0.39, 0.29) is 22.9 Å². The normalized spacial score (nSPS) is 19.4. The van der Waals surface area contributed by atoms with Gasteiger partial charge in [-0.1, -0.05) is 71.9 Å². The molecule has 4 nitrogen and oxygen atoms in total. The highest BCUT2D eigenvalue weighted by atomic mass is 16.1. The zero-order valence-electron chi connectivity index (χ0n) is 23.0. The van der Waals surface area contributed by atoms with Crippen molar-refractivity contribution in [3.8, 4) is 0 Å². The molecule has 1 rings (SSSR count). The van der Waals surface area contributed by atoms with E-state index in [1.165, 1.54) is 5.57 Å². The Labute approximate surface area is 208 Å². The summed E-state index contributed by atoms with van der Waals surface area (Å²) >= 11 is 0. The Kier molecular flexibility index (Phi) is 11.5. The fraction of sp³-hybridized carbons (Fsp3) is 0.533. The summed E-state index contributed by atoms with van der Waals surface area (Å²) in [4.78, 5) is 17.3. The third kappa shape index (κ3) is 9.70. The first-order valence-electron chi connectivity index (χ1n) is 12.6. The number of aliphatic imine (C=N–C) groups is 1. The lowest BCUT2D eigenvalue weighted by Gasteiger charge is -2.31. The van der Waals surface area contributed by atoms with Gasteiger partial charge < -0.3 is 10.6 Å². The van der Waals surface area contributed by atoms with Crippen molar-refractivity contribution < 1.29 is 4.79 Å². The molecule has 2 N–H and O–H groups in total. The van der Waals surface area contributed by atoms with Crippen molar-refractivity contribution in [1.29, 1.82) is 0 Å². The summed E-state index contributed by atoms with van der Waals surface area (Å²) in [5.41, 5.74) is 5.02. The topological polar surface area (TPSA) is 53.5 Å². The van der Waals surface area contributed by atoms with Gasteiger partial charge in [0.25, 0.3) is 0 Å². The molecular formula is C30H47N3O. The van der Waals surface area contributed by atoms with Crippen molar-refractivity contribution in [2.24, 2.45) is 10.4 Å². The van der Waals surface area contributed by atoms with Crippen LogP contribution in [0.15, 0.2) is 76.6 Å². The van der Waals surface area contributed by atoms with E-state index >= 15 is 0 Å². The molecular weight excluding hydrogens is 418 g/mol. The van der Waals surface area contributed by atoms with Gasteiger partial charge in [0.05, 0.1) is 6.04 Å². The highest BCUT2D eigenvalue weighted by Gasteiger charge is 2.20. The van der Waals surface area contributed by atoms with E-state index in [0.717, 1.165) is 42.7 Å². The molecule has 0 heterocycles. The fourth-order valence-electron chi connectivity index (χ4n) is 3.79. The number of carbonyl (C=O) groups excluding carboxylic acids is 1. The standard InChI is InChI=1S/C30H47N3O/c1-11-19-30(10,13-3)33-23(5)17-18-25(12-2)24(6)32-28(34)22(4)21-31-27-16-14-15-26(20-27)29(7,8)9/h12,14-15,17-18,20-21,24,33H,2,11,13,16,19H2,1,3-10H3,(H,32,34)/b22-21+,23-17+,25-18+,31-27+/t24-,30+/m1/s1. The number of hydrogen-bond acceptors (Lipinski definition) is 3. The van der Waals surface area contributed by atoms with Gasteiger partial charge in [0.1, 0.15) is 0 Å². The van der Waals surface area contributed by atoms with E-state index in [1.54, 1.807) is 19.2 Å². The van der Waals surface area contributed by atoms with E-state index in [0.29, 0.717) is 5.57 Å². The summed E-state index contributed by atoms with van der Waals surface area (Å²) in [5.74, 6) is -0.128. The van der Waals surface area contributed by atoms with Gasteiger partial charge in [-0.05, 0) is 69.2 Å². The number of carbonyl (C=O) groups is 1. The molecule has 0 saturated carbocycles. The van der Waals surface area contributed by atoms with Gasteiger partial charge in [-0.3, -0.25) is 9.79 Å². The van der Waals surface area contributed by atoms with Crippen molar-refractivity contribution in [2.75, 3.05) is 0 Å². The van der Waals surface area contributed by atoms with Crippen LogP contribution in [0.4, 0.5) is 0 Å². The maximum atomic E-state index is 12.7. The van der Waals surface area contributed by atoms with E-state index < -0.39 is 0 Å². The molecule has 0 spiro atoms. The van der Waals surface area contributed by atoms with Crippen LogP contribution >= 0.6 is 0 Å². The van der Waals surface area contributed by atoms with E-state index in [9.17, 15) is 4.79 Å². The van der Waals surface area contributed by atoms with Crippen LogP contribution in [0.5, 0.6) is 0 Å². The molecule has 0 saturated heterocycles. The quantitative estimate of drug-likeness (QED) is 0.248. The minimum atomic E-state index is -0.164. The molecule has 0 aromatic rings. The minimum absolute atomic E-state index is 0.0736. The van der Waals surface area contributed by atoms with Gasteiger partial charge in [-0.25, -0.2) is 0 Å². The molecule has 0 aromatic carbocycles. The van der Waals surface area contributed by atoms with Crippen LogP contribution in [0.25, 0.3) is 0 Å². The van der Waals surface area contributed by atoms with Gasteiger partial charge in [0.2, 0.25) is 5.91 Å². The third-order valence-electron chi connectivity index (χ3n) is 6.28. The van der Waals surface area contributed by atoms with Crippen molar-refractivity contribution in [2.45, 2.75) is 99.6 Å². The average molecular weight is 466 g/mol. The molecule has 0 radical (unpaired) electrons. The Hall–Kier alpha value is -2.62. The number of nitrogens with zero attached hydrogens (tertiary/aromatic N) is 1. The van der Waals surface area contributed by atoms with Crippen LogP contribution in [0, 0.1) is 5.41 Å². The average Bonchev–Trinajstić information content (AvgIpc) is 2.77. The largest absolute Gasteiger partial charge is 0.383 e. The van der Waals surface area contributed by atoms with Crippen molar-refractivity contribution >= 4 is 11.6 Å². The van der Waals surface area contributed by atoms with Crippen LogP contribution in [-0.4, -0.2) is 23.2 Å². The highest BCUT2D eigenvalue weighted by molar-refractivity contribution is 5.99. The summed E-state index contributed by atoms with van der Waals surface area (Å²) < 4.78 is 0. The maximum Gasteiger partial charge on any atom is 0.248 e. The Morgan fingerprint density at radius 3 is 2.44 bits per heavy atom. The second-order valence-corrected chi connectivity index (χ2v) is 10.6. The first-order chi connectivity index (χ1) is 15.8. The summed E-state index contributed by atoms with van der Waals surface area (Å²) in [6.07, 6.45) is 18.1. The highest BCUT2D eigenvalue weighted by Crippen LogP contribution is 2.28. The number of nitrogens with one attached hydrogen (secondary N) is 2. The first-order valence-corrected chi connectivity index (χ1v) is 12.6. The van der Waals surface area contributed by atoms with Crippen LogP contribution in [-0.2, 0) is 4.79 Å². The molecule has 1 amide bonds. The second kappa shape index (κ2) is 13.3. The van der Waals surface area contributed by atoms with Crippen molar-refractivity contribution in [3.63, 3.8) is 0 Å². The lowest BCUT2D eigenvalue weighted by atomic mass is 9.83. The van der Waals surface area contributed by atoms with Gasteiger partial charge >= 0.3 is 0 Å². The molecule has 0 aromatic heterocycles. The van der Waals surface area contributed by atoms with Gasteiger partial charge in [-0.15, -0.1) is 0 Å². The Bertz CT molecular complexity index is 906. The zero-order valence-corrected chi connectivity index (χ0v) is 23.0. The van der Waals surface area contributed by atoms with Crippen molar-refractivity contribution in [1.82, 2.24) is 10.6 Å². The summed E-state index contributed by atoms with van der Waals surface area (Å²) in [6.45, 7) is 23.0. The molecule has 34 heavy (non-hydrogen) atoms. The molecule has 188 valence electrons. The molecule has 0 bridgehead atoms. The number of rotatable bonds is 11. The lowest BCUT2D eigenvalue weighted by molar-refractivity contribution is -0.117. The predicted molar refractivity (Wildman–Crippen MR) is 149 cm³/mol. The molecule has 2 atom stereocenters. The van der Waals surface area contributed by atoms with Gasteiger partial charge in [-0.2, -0.15) is 0 Å². The van der Waals surface area contributed by atoms with Crippen LogP contribution in [0.2, 0.25) is 0 Å². The SMILES string of the molecule is C=C/C(=C\C=C(/C)N[C@@](C)(CC)CCC)[C@@H](C)NC(=O)/C(C)=C/N=C1/C=C(C(C)(C)C)C=CC1. The first kappa shape index (κ1) is 29.4. The lowest BCUT2D eigenvalue weighted by Crippen LogP contribution is -2.40. The number of amides is 1. The number of hydrogen-bond donors (Lipinski definition) is 2. The predicted octanol–water partition coefficient (Wildman–Crippen LogP) is 7.34. The van der Waals surface area contributed by atoms with Crippen LogP contribution in [0.1, 0.15) is 88.0 Å². The van der Waals surface area contributed by atoms with Gasteiger partial charge in [0.15, 0.2) is 0 Å². The zero-order chi connectivity index (χ0) is 25.9. The molecule has 0 aliphatic heterocycles. The Morgan fingerprint density at radius 1 is 1.21 bits per heavy atom.